The highest BCUT2D eigenvalue weighted by Gasteiger charge is 2.24. The van der Waals surface area contributed by atoms with Gasteiger partial charge in [0.25, 0.3) is 0 Å². The Hall–Kier alpha value is -2.37. The van der Waals surface area contributed by atoms with E-state index in [1.807, 2.05) is 24.3 Å². The van der Waals surface area contributed by atoms with Gasteiger partial charge >= 0.3 is 0 Å². The lowest BCUT2D eigenvalue weighted by Crippen LogP contribution is -2.18. The van der Waals surface area contributed by atoms with Gasteiger partial charge in [0.1, 0.15) is 6.29 Å². The van der Waals surface area contributed by atoms with E-state index in [1.165, 1.54) is 0 Å². The number of rotatable bonds is 5. The minimum atomic E-state index is -0.271. The molecule has 0 aromatic heterocycles. The maximum absolute atomic E-state index is 10.7. The van der Waals surface area contributed by atoms with Gasteiger partial charge in [0.15, 0.2) is 11.5 Å². The Labute approximate surface area is 141 Å². The molecule has 0 amide bonds. The highest BCUT2D eigenvalue weighted by Crippen LogP contribution is 2.41. The van der Waals surface area contributed by atoms with Crippen molar-refractivity contribution in [3.63, 3.8) is 0 Å². The van der Waals surface area contributed by atoms with E-state index in [9.17, 15) is 4.79 Å². The average molecular weight is 326 g/mol. The SMILES string of the molecule is COc1cccc2c1ONCCC2c1cccc([C@@H](N)CC=O)c1. The number of nitrogens with two attached hydrogens (primary N) is 1. The summed E-state index contributed by atoms with van der Waals surface area (Å²) in [4.78, 5) is 16.4. The van der Waals surface area contributed by atoms with Crippen molar-refractivity contribution in [2.45, 2.75) is 24.8 Å². The molecule has 126 valence electrons. The number of aldehydes is 1. The molecule has 1 aliphatic rings. The average Bonchev–Trinajstić information content (AvgIpc) is 2.84. The minimum absolute atomic E-state index is 0.175. The molecule has 2 aromatic carbocycles. The van der Waals surface area contributed by atoms with Gasteiger partial charge in [-0.1, -0.05) is 36.4 Å². The fourth-order valence-corrected chi connectivity index (χ4v) is 3.15. The maximum Gasteiger partial charge on any atom is 0.192 e. The van der Waals surface area contributed by atoms with Gasteiger partial charge in [0, 0.05) is 30.5 Å². The van der Waals surface area contributed by atoms with Crippen LogP contribution in [0, 0.1) is 0 Å². The molecule has 0 spiro atoms. The molecule has 5 nitrogen and oxygen atoms in total. The van der Waals surface area contributed by atoms with Crippen LogP contribution in [0.2, 0.25) is 0 Å². The van der Waals surface area contributed by atoms with E-state index >= 15 is 0 Å². The summed E-state index contributed by atoms with van der Waals surface area (Å²) in [6.07, 6.45) is 2.08. The number of hydrogen-bond donors (Lipinski definition) is 2. The minimum Gasteiger partial charge on any atom is -0.493 e. The third kappa shape index (κ3) is 3.27. The normalized spacial score (nSPS) is 18.0. The zero-order valence-electron chi connectivity index (χ0n) is 13.7. The van der Waals surface area contributed by atoms with Crippen LogP contribution in [0.5, 0.6) is 11.5 Å². The van der Waals surface area contributed by atoms with Crippen LogP contribution in [0.3, 0.4) is 0 Å². The molecular formula is C19H22N2O3. The maximum atomic E-state index is 10.7. The van der Waals surface area contributed by atoms with Crippen molar-refractivity contribution >= 4 is 6.29 Å². The van der Waals surface area contributed by atoms with E-state index in [2.05, 4.69) is 23.7 Å². The molecule has 0 saturated heterocycles. The number of hydrogen-bond acceptors (Lipinski definition) is 5. The van der Waals surface area contributed by atoms with Crippen molar-refractivity contribution in [2.24, 2.45) is 5.73 Å². The van der Waals surface area contributed by atoms with E-state index in [0.717, 1.165) is 41.7 Å². The van der Waals surface area contributed by atoms with E-state index in [1.54, 1.807) is 7.11 Å². The molecule has 0 fully saturated rings. The molecule has 0 bridgehead atoms. The standard InChI is InChI=1S/C19H22N2O3/c1-23-18-7-3-6-16-15(8-10-21-24-19(16)18)13-4-2-5-14(12-13)17(20)9-11-22/h2-7,11-12,15,17,21H,8-10,20H2,1H3/t15?,17-/m0/s1. The van der Waals surface area contributed by atoms with Crippen molar-refractivity contribution < 1.29 is 14.4 Å². The van der Waals surface area contributed by atoms with Crippen LogP contribution in [0.25, 0.3) is 0 Å². The molecule has 1 heterocycles. The van der Waals surface area contributed by atoms with Gasteiger partial charge in [-0.15, -0.1) is 0 Å². The van der Waals surface area contributed by atoms with E-state index in [-0.39, 0.29) is 12.0 Å². The van der Waals surface area contributed by atoms with Gasteiger partial charge in [0.05, 0.1) is 7.11 Å². The summed E-state index contributed by atoms with van der Waals surface area (Å²) in [6, 6.07) is 13.8. The number of hydroxylamine groups is 1. The highest BCUT2D eigenvalue weighted by atomic mass is 16.7. The number of carbonyl (C=O) groups is 1. The Morgan fingerprint density at radius 3 is 3.00 bits per heavy atom. The van der Waals surface area contributed by atoms with Crippen LogP contribution in [0.1, 0.15) is 41.5 Å². The molecule has 3 rings (SSSR count). The molecule has 2 atom stereocenters. The molecule has 0 aliphatic carbocycles. The largest absolute Gasteiger partial charge is 0.493 e. The summed E-state index contributed by atoms with van der Waals surface area (Å²) in [7, 11) is 1.64. The van der Waals surface area contributed by atoms with Gasteiger partial charge in [-0.05, 0) is 23.6 Å². The second-order valence-electron chi connectivity index (χ2n) is 5.90. The lowest BCUT2D eigenvalue weighted by molar-refractivity contribution is -0.108. The molecule has 1 aliphatic heterocycles. The summed E-state index contributed by atoms with van der Waals surface area (Å²) in [5, 5.41) is 0. The Kier molecular flexibility index (Phi) is 5.13. The number of carbonyl (C=O) groups excluding carboxylic acids is 1. The second kappa shape index (κ2) is 7.47. The van der Waals surface area contributed by atoms with Crippen molar-refractivity contribution in [3.8, 4) is 11.5 Å². The van der Waals surface area contributed by atoms with Crippen LogP contribution in [-0.4, -0.2) is 19.9 Å². The summed E-state index contributed by atoms with van der Waals surface area (Å²) in [5.41, 5.74) is 12.3. The van der Waals surface area contributed by atoms with E-state index in [4.69, 9.17) is 15.3 Å². The Bertz CT molecular complexity index is 718. The molecule has 5 heteroatoms. The summed E-state index contributed by atoms with van der Waals surface area (Å²) < 4.78 is 5.42. The number of ether oxygens (including phenoxy) is 1. The fourth-order valence-electron chi connectivity index (χ4n) is 3.15. The van der Waals surface area contributed by atoms with Gasteiger partial charge in [-0.3, -0.25) is 0 Å². The number of para-hydroxylation sites is 1. The molecule has 0 radical (unpaired) electrons. The van der Waals surface area contributed by atoms with Crippen molar-refractivity contribution in [2.75, 3.05) is 13.7 Å². The molecule has 3 N–H and O–H groups in total. The molecule has 24 heavy (non-hydrogen) atoms. The molecule has 2 aromatic rings. The van der Waals surface area contributed by atoms with Crippen LogP contribution >= 0.6 is 0 Å². The summed E-state index contributed by atoms with van der Waals surface area (Å²) in [5.74, 6) is 1.61. The van der Waals surface area contributed by atoms with Crippen molar-refractivity contribution in [1.82, 2.24) is 5.48 Å². The van der Waals surface area contributed by atoms with E-state index < -0.39 is 0 Å². The first-order valence-corrected chi connectivity index (χ1v) is 8.10. The Morgan fingerprint density at radius 2 is 2.21 bits per heavy atom. The predicted octanol–water partition coefficient (Wildman–Crippen LogP) is 2.70. The van der Waals surface area contributed by atoms with Crippen LogP contribution in [0.4, 0.5) is 0 Å². The first-order chi connectivity index (χ1) is 11.7. The first-order valence-electron chi connectivity index (χ1n) is 8.10. The third-order valence-electron chi connectivity index (χ3n) is 4.41. The molecule has 0 saturated carbocycles. The quantitative estimate of drug-likeness (QED) is 0.827. The Morgan fingerprint density at radius 1 is 1.38 bits per heavy atom. The van der Waals surface area contributed by atoms with Gasteiger partial charge < -0.3 is 20.1 Å². The summed E-state index contributed by atoms with van der Waals surface area (Å²) >= 11 is 0. The summed E-state index contributed by atoms with van der Waals surface area (Å²) in [6.45, 7) is 0.729. The molecule has 1 unspecified atom stereocenters. The van der Waals surface area contributed by atoms with Crippen molar-refractivity contribution in [1.29, 1.82) is 0 Å². The van der Waals surface area contributed by atoms with Gasteiger partial charge in [-0.25, -0.2) is 0 Å². The van der Waals surface area contributed by atoms with Gasteiger partial charge in [-0.2, -0.15) is 5.48 Å². The van der Waals surface area contributed by atoms with Crippen LogP contribution in [-0.2, 0) is 4.79 Å². The van der Waals surface area contributed by atoms with Crippen LogP contribution < -0.4 is 20.8 Å². The lowest BCUT2D eigenvalue weighted by Gasteiger charge is -2.19. The number of benzene rings is 2. The highest BCUT2D eigenvalue weighted by molar-refractivity contribution is 5.53. The third-order valence-corrected chi connectivity index (χ3v) is 4.41. The molecular weight excluding hydrogens is 304 g/mol. The van der Waals surface area contributed by atoms with Crippen LogP contribution in [0.15, 0.2) is 42.5 Å². The lowest BCUT2D eigenvalue weighted by atomic mass is 9.86. The number of methoxy groups -OCH3 is 1. The predicted molar refractivity (Wildman–Crippen MR) is 92.1 cm³/mol. The number of fused-ring (bicyclic) bond motifs is 1. The van der Waals surface area contributed by atoms with Crippen molar-refractivity contribution in [3.05, 3.63) is 59.2 Å². The second-order valence-corrected chi connectivity index (χ2v) is 5.90. The zero-order valence-corrected chi connectivity index (χ0v) is 13.7. The van der Waals surface area contributed by atoms with E-state index in [0.29, 0.717) is 12.2 Å². The topological polar surface area (TPSA) is 73.6 Å². The fraction of sp³-hybridized carbons (Fsp3) is 0.316. The van der Waals surface area contributed by atoms with Gasteiger partial charge in [0.2, 0.25) is 0 Å². The number of nitrogens with one attached hydrogen (secondary N) is 1. The zero-order chi connectivity index (χ0) is 16.9. The first kappa shape index (κ1) is 16.5. The smallest absolute Gasteiger partial charge is 0.192 e. The monoisotopic (exact) mass is 326 g/mol. The Balaban J connectivity index is 2.01.